The average Bonchev–Trinajstić information content (AvgIpc) is 3.39. The summed E-state index contributed by atoms with van der Waals surface area (Å²) in [5.74, 6) is -0.836. The molecule has 0 aliphatic rings. The lowest BCUT2D eigenvalue weighted by Crippen LogP contribution is -2.30. The highest BCUT2D eigenvalue weighted by atomic mass is 16.6. The predicted octanol–water partition coefficient (Wildman–Crippen LogP) is 22.4. The summed E-state index contributed by atoms with van der Waals surface area (Å²) in [7, 11) is 0. The van der Waals surface area contributed by atoms with Gasteiger partial charge in [0.2, 0.25) is 0 Å². The lowest BCUT2D eigenvalue weighted by Gasteiger charge is -2.18. The highest BCUT2D eigenvalue weighted by molar-refractivity contribution is 5.71. The fraction of sp³-hybridized carbons (Fsp3) is 0.925. The van der Waals surface area contributed by atoms with E-state index in [9.17, 15) is 14.4 Å². The Morgan fingerprint density at radius 2 is 0.452 bits per heavy atom. The van der Waals surface area contributed by atoms with Gasteiger partial charge in [0.15, 0.2) is 6.10 Å². The zero-order chi connectivity index (χ0) is 52.9. The number of carbonyl (C=O) groups excluding carboxylic acids is 3. The van der Waals surface area contributed by atoms with Gasteiger partial charge < -0.3 is 14.2 Å². The first-order valence-electron chi connectivity index (χ1n) is 33.2. The topological polar surface area (TPSA) is 78.9 Å². The lowest BCUT2D eigenvalue weighted by molar-refractivity contribution is -0.167. The number of hydrogen-bond donors (Lipinski definition) is 0. The Balaban J connectivity index is 4.28. The fourth-order valence-electron chi connectivity index (χ4n) is 10.3. The molecule has 0 aliphatic carbocycles. The molecule has 6 nitrogen and oxygen atoms in total. The summed E-state index contributed by atoms with van der Waals surface area (Å²) in [6.45, 7) is 6.72. The Kier molecular flexibility index (Phi) is 61.1. The van der Waals surface area contributed by atoms with Crippen molar-refractivity contribution < 1.29 is 28.6 Å². The Morgan fingerprint density at radius 3 is 0.685 bits per heavy atom. The van der Waals surface area contributed by atoms with Crippen molar-refractivity contribution in [3.8, 4) is 0 Å². The van der Waals surface area contributed by atoms with E-state index in [0.717, 1.165) is 57.8 Å². The molecule has 0 saturated heterocycles. The van der Waals surface area contributed by atoms with E-state index in [4.69, 9.17) is 14.2 Å². The van der Waals surface area contributed by atoms with E-state index in [-0.39, 0.29) is 31.1 Å². The van der Waals surface area contributed by atoms with E-state index in [1.54, 1.807) is 0 Å². The van der Waals surface area contributed by atoms with Gasteiger partial charge in [-0.2, -0.15) is 0 Å². The Hall–Kier alpha value is -1.85. The smallest absolute Gasteiger partial charge is 0.306 e. The van der Waals surface area contributed by atoms with Crippen molar-refractivity contribution in [2.45, 2.75) is 386 Å². The minimum Gasteiger partial charge on any atom is -0.462 e. The summed E-state index contributed by atoms with van der Waals surface area (Å²) < 4.78 is 17.0. The molecule has 0 bridgehead atoms. The Bertz CT molecular complexity index is 1130. The second-order valence-corrected chi connectivity index (χ2v) is 22.7. The SMILES string of the molecule is CCCCCCCCC/C=C\CCCCCCCCCC(=O)OC(COC(=O)CCCCCCCCCCCCCCCCCC)COC(=O)CCCCCCCCCCCCCCCCCCCCCCC. The molecule has 0 aromatic rings. The van der Waals surface area contributed by atoms with Crippen LogP contribution in [0.25, 0.3) is 0 Å². The standard InChI is InChI=1S/C67H128O6/c1-4-7-10-13-16-19-22-25-28-31-33-34-35-37-39-42-45-48-51-54-57-60-66(69)72-63-64(62-71-65(68)59-56-53-50-47-44-41-38-30-27-24-21-18-15-12-9-6-3)73-67(70)61-58-55-52-49-46-43-40-36-32-29-26-23-20-17-14-11-8-5-2/h29,32,64H,4-28,30-31,33-63H2,1-3H3/b32-29-. The molecular formula is C67H128O6. The highest BCUT2D eigenvalue weighted by Crippen LogP contribution is 2.18. The van der Waals surface area contributed by atoms with Crippen LogP contribution in [0.3, 0.4) is 0 Å². The van der Waals surface area contributed by atoms with Gasteiger partial charge in [-0.3, -0.25) is 14.4 Å². The van der Waals surface area contributed by atoms with Gasteiger partial charge in [-0.25, -0.2) is 0 Å². The summed E-state index contributed by atoms with van der Waals surface area (Å²) in [6.07, 6.45) is 73.6. The van der Waals surface area contributed by atoms with Crippen LogP contribution in [-0.2, 0) is 28.6 Å². The van der Waals surface area contributed by atoms with Gasteiger partial charge in [-0.05, 0) is 44.9 Å². The molecule has 0 heterocycles. The second-order valence-electron chi connectivity index (χ2n) is 22.7. The van der Waals surface area contributed by atoms with Crippen LogP contribution < -0.4 is 0 Å². The molecule has 0 radical (unpaired) electrons. The summed E-state index contributed by atoms with van der Waals surface area (Å²) in [5, 5.41) is 0. The highest BCUT2D eigenvalue weighted by Gasteiger charge is 2.19. The van der Waals surface area contributed by atoms with Gasteiger partial charge in [0.1, 0.15) is 13.2 Å². The van der Waals surface area contributed by atoms with Crippen LogP contribution in [0.1, 0.15) is 380 Å². The van der Waals surface area contributed by atoms with E-state index >= 15 is 0 Å². The van der Waals surface area contributed by atoms with E-state index in [1.807, 2.05) is 0 Å². The zero-order valence-corrected chi connectivity index (χ0v) is 49.7. The maximum Gasteiger partial charge on any atom is 0.306 e. The first kappa shape index (κ1) is 71.2. The largest absolute Gasteiger partial charge is 0.462 e. The minimum absolute atomic E-state index is 0.0650. The number of allylic oxidation sites excluding steroid dienone is 2. The number of ether oxygens (including phenoxy) is 3. The molecular weight excluding hydrogens is 901 g/mol. The van der Waals surface area contributed by atoms with Crippen molar-refractivity contribution in [2.75, 3.05) is 13.2 Å². The summed E-state index contributed by atoms with van der Waals surface area (Å²) in [4.78, 5) is 38.4. The van der Waals surface area contributed by atoms with Crippen molar-refractivity contribution in [3.63, 3.8) is 0 Å². The number of carbonyl (C=O) groups is 3. The first-order valence-corrected chi connectivity index (χ1v) is 33.2. The van der Waals surface area contributed by atoms with Gasteiger partial charge in [-0.1, -0.05) is 328 Å². The second kappa shape index (κ2) is 62.7. The summed E-state index contributed by atoms with van der Waals surface area (Å²) in [5.41, 5.74) is 0. The van der Waals surface area contributed by atoms with E-state index in [1.165, 1.54) is 283 Å². The van der Waals surface area contributed by atoms with Gasteiger partial charge in [-0.15, -0.1) is 0 Å². The lowest BCUT2D eigenvalue weighted by atomic mass is 10.0. The van der Waals surface area contributed by atoms with Crippen LogP contribution in [-0.4, -0.2) is 37.2 Å². The molecule has 432 valence electrons. The number of esters is 3. The van der Waals surface area contributed by atoms with Gasteiger partial charge in [0.25, 0.3) is 0 Å². The summed E-state index contributed by atoms with van der Waals surface area (Å²) in [6, 6.07) is 0. The predicted molar refractivity (Wildman–Crippen MR) is 317 cm³/mol. The van der Waals surface area contributed by atoms with Crippen molar-refractivity contribution >= 4 is 17.9 Å². The van der Waals surface area contributed by atoms with Crippen molar-refractivity contribution in [1.29, 1.82) is 0 Å². The molecule has 0 spiro atoms. The van der Waals surface area contributed by atoms with Crippen molar-refractivity contribution in [2.24, 2.45) is 0 Å². The molecule has 6 heteroatoms. The average molecular weight is 1030 g/mol. The Morgan fingerprint density at radius 1 is 0.260 bits per heavy atom. The van der Waals surface area contributed by atoms with E-state index in [2.05, 4.69) is 32.9 Å². The molecule has 1 unspecified atom stereocenters. The van der Waals surface area contributed by atoms with Crippen LogP contribution in [0.5, 0.6) is 0 Å². The molecule has 0 aromatic heterocycles. The molecule has 0 amide bonds. The van der Waals surface area contributed by atoms with Gasteiger partial charge >= 0.3 is 17.9 Å². The molecule has 0 aliphatic heterocycles. The van der Waals surface area contributed by atoms with E-state index in [0.29, 0.717) is 19.3 Å². The van der Waals surface area contributed by atoms with Crippen molar-refractivity contribution in [1.82, 2.24) is 0 Å². The molecule has 0 fully saturated rings. The maximum atomic E-state index is 12.9. The van der Waals surface area contributed by atoms with Crippen LogP contribution in [0.4, 0.5) is 0 Å². The third-order valence-electron chi connectivity index (χ3n) is 15.3. The van der Waals surface area contributed by atoms with Gasteiger partial charge in [0, 0.05) is 19.3 Å². The van der Waals surface area contributed by atoms with Crippen LogP contribution >= 0.6 is 0 Å². The van der Waals surface area contributed by atoms with Crippen molar-refractivity contribution in [3.05, 3.63) is 12.2 Å². The van der Waals surface area contributed by atoms with Crippen LogP contribution in [0, 0.1) is 0 Å². The monoisotopic (exact) mass is 1030 g/mol. The molecule has 73 heavy (non-hydrogen) atoms. The normalized spacial score (nSPS) is 12.0. The third-order valence-corrected chi connectivity index (χ3v) is 15.3. The summed E-state index contributed by atoms with van der Waals surface area (Å²) >= 11 is 0. The van der Waals surface area contributed by atoms with Crippen LogP contribution in [0.15, 0.2) is 12.2 Å². The molecule has 0 rings (SSSR count). The van der Waals surface area contributed by atoms with Crippen LogP contribution in [0.2, 0.25) is 0 Å². The first-order chi connectivity index (χ1) is 36.0. The number of hydrogen-bond acceptors (Lipinski definition) is 6. The maximum absolute atomic E-state index is 12.9. The molecule has 0 saturated carbocycles. The Labute approximate surface area is 456 Å². The quantitative estimate of drug-likeness (QED) is 0.0261. The van der Waals surface area contributed by atoms with Gasteiger partial charge in [0.05, 0.1) is 0 Å². The molecule has 0 N–H and O–H groups in total. The number of unbranched alkanes of at least 4 members (excludes halogenated alkanes) is 49. The number of rotatable bonds is 62. The zero-order valence-electron chi connectivity index (χ0n) is 49.7. The molecule has 0 aromatic carbocycles. The fourth-order valence-corrected chi connectivity index (χ4v) is 10.3. The minimum atomic E-state index is -0.768. The van der Waals surface area contributed by atoms with E-state index < -0.39 is 6.10 Å². The third kappa shape index (κ3) is 60.9. The molecule has 1 atom stereocenters.